The van der Waals surface area contributed by atoms with Crippen molar-refractivity contribution in [3.8, 4) is 33.8 Å². The molecule has 0 amide bonds. The Morgan fingerprint density at radius 2 is 1.03 bits per heavy atom. The highest BCUT2D eigenvalue weighted by atomic mass is 16.6. The van der Waals surface area contributed by atoms with E-state index in [1.165, 1.54) is 23.8 Å². The highest BCUT2D eigenvalue weighted by molar-refractivity contribution is 6.01. The predicted molar refractivity (Wildman–Crippen MR) is 235 cm³/mol. The van der Waals surface area contributed by atoms with E-state index in [0.29, 0.717) is 39.3 Å². The lowest BCUT2D eigenvalue weighted by atomic mass is 10.0. The lowest BCUT2D eigenvalue weighted by Crippen LogP contribution is -2.27. The van der Waals surface area contributed by atoms with Crippen molar-refractivity contribution < 1.29 is 38.4 Å². The van der Waals surface area contributed by atoms with Gasteiger partial charge in [0.1, 0.15) is 18.1 Å². The van der Waals surface area contributed by atoms with E-state index in [1.807, 2.05) is 110 Å². The molecule has 1 N–H and O–H groups in total. The molecule has 316 valence electrons. The Hall–Kier alpha value is -7.02. The second kappa shape index (κ2) is 21.0. The van der Waals surface area contributed by atoms with Crippen LogP contribution < -0.4 is 9.47 Å². The summed E-state index contributed by atoms with van der Waals surface area (Å²) < 4.78 is 27.4. The van der Waals surface area contributed by atoms with Gasteiger partial charge in [-0.1, -0.05) is 30.3 Å². The molecule has 4 aromatic heterocycles. The van der Waals surface area contributed by atoms with Crippen molar-refractivity contribution in [2.24, 2.45) is 0 Å². The van der Waals surface area contributed by atoms with E-state index in [0.717, 1.165) is 68.0 Å². The van der Waals surface area contributed by atoms with Crippen LogP contribution in [0.3, 0.4) is 0 Å². The minimum absolute atomic E-state index is 0.331. The molecular formula is C50H48N4O8. The number of ether oxygens (including phenoxy) is 5. The Morgan fingerprint density at radius 3 is 1.47 bits per heavy atom. The van der Waals surface area contributed by atoms with Gasteiger partial charge in [-0.05, 0) is 113 Å². The van der Waals surface area contributed by atoms with Crippen molar-refractivity contribution in [1.29, 1.82) is 0 Å². The highest BCUT2D eigenvalue weighted by Crippen LogP contribution is 2.44. The van der Waals surface area contributed by atoms with Crippen LogP contribution in [0.1, 0.15) is 53.6 Å². The fourth-order valence-electron chi connectivity index (χ4n) is 7.50. The Bertz CT molecular complexity index is 2440. The number of carbonyl (C=O) groups is 2. The van der Waals surface area contributed by atoms with Crippen molar-refractivity contribution in [2.45, 2.75) is 45.3 Å². The van der Waals surface area contributed by atoms with E-state index < -0.39 is 18.2 Å². The molecule has 0 saturated carbocycles. The summed E-state index contributed by atoms with van der Waals surface area (Å²) in [5, 5.41) is 9.21. The molecule has 0 radical (unpaired) electrons. The number of carboxylic acids is 1. The van der Waals surface area contributed by atoms with Crippen molar-refractivity contribution in [2.75, 3.05) is 33.5 Å². The summed E-state index contributed by atoms with van der Waals surface area (Å²) in [5.74, 6) is 0.218. The van der Waals surface area contributed by atoms with Gasteiger partial charge in [0.25, 0.3) is 0 Å². The molecule has 2 aliphatic carbocycles. The number of methoxy groups -OCH3 is 1. The van der Waals surface area contributed by atoms with Crippen LogP contribution in [0.15, 0.2) is 135 Å². The Labute approximate surface area is 360 Å². The minimum Gasteiger partial charge on any atom is -0.493 e. The molecule has 0 aliphatic heterocycles. The predicted octanol–water partition coefficient (Wildman–Crippen LogP) is 8.48. The van der Waals surface area contributed by atoms with Gasteiger partial charge in [0.2, 0.25) is 0 Å². The number of aromatic nitrogens is 4. The number of carboxylic acid groups (broad SMARTS) is 1. The molecule has 0 fully saturated rings. The van der Waals surface area contributed by atoms with Crippen LogP contribution in [0.5, 0.6) is 11.5 Å². The van der Waals surface area contributed by atoms with Gasteiger partial charge in [-0.15, -0.1) is 0 Å². The smallest absolute Gasteiger partial charge is 0.335 e. The fraction of sp³-hybridized carbons (Fsp3) is 0.240. The summed E-state index contributed by atoms with van der Waals surface area (Å²) in [4.78, 5) is 40.1. The van der Waals surface area contributed by atoms with Crippen molar-refractivity contribution in [3.63, 3.8) is 0 Å². The van der Waals surface area contributed by atoms with Gasteiger partial charge in [0.15, 0.2) is 12.2 Å². The first-order chi connectivity index (χ1) is 30.4. The normalized spacial score (nSPS) is 12.7. The zero-order valence-corrected chi connectivity index (χ0v) is 34.9. The summed E-state index contributed by atoms with van der Waals surface area (Å²) >= 11 is 0. The molecule has 4 heterocycles. The average Bonchev–Trinajstić information content (AvgIpc) is 3.80. The molecule has 2 aromatic carbocycles. The molecule has 8 rings (SSSR count). The third-order valence-corrected chi connectivity index (χ3v) is 10.5. The van der Waals surface area contributed by atoms with Crippen LogP contribution >= 0.6 is 0 Å². The van der Waals surface area contributed by atoms with Crippen molar-refractivity contribution in [1.82, 2.24) is 19.9 Å². The number of aliphatic carboxylic acids is 1. The number of nitrogens with zero attached hydrogens (tertiary/aromatic N) is 4. The molecule has 2 aliphatic rings. The van der Waals surface area contributed by atoms with Crippen LogP contribution in [0, 0.1) is 0 Å². The first kappa shape index (κ1) is 43.1. The van der Waals surface area contributed by atoms with Gasteiger partial charge in [0, 0.05) is 105 Å². The van der Waals surface area contributed by atoms with Crippen LogP contribution in [0.2, 0.25) is 0 Å². The van der Waals surface area contributed by atoms with Gasteiger partial charge in [-0.3, -0.25) is 19.9 Å². The van der Waals surface area contributed by atoms with E-state index in [-0.39, 0.29) is 5.97 Å². The van der Waals surface area contributed by atoms with Crippen molar-refractivity contribution in [3.05, 3.63) is 168 Å². The number of esters is 1. The number of benzene rings is 2. The molecule has 2 atom stereocenters. The summed E-state index contributed by atoms with van der Waals surface area (Å²) in [7, 11) is 1.51. The summed E-state index contributed by atoms with van der Waals surface area (Å²) in [5.41, 5.74) is 13.2. The third-order valence-electron chi connectivity index (χ3n) is 10.5. The van der Waals surface area contributed by atoms with Gasteiger partial charge < -0.3 is 28.8 Å². The maximum atomic E-state index is 11.9. The van der Waals surface area contributed by atoms with Crippen molar-refractivity contribution >= 4 is 23.1 Å². The molecule has 2 unspecified atom stereocenters. The van der Waals surface area contributed by atoms with E-state index in [4.69, 9.17) is 23.7 Å². The second-order valence-electron chi connectivity index (χ2n) is 14.3. The Balaban J connectivity index is 0.000000186. The number of carbonyl (C=O) groups excluding carboxylic acids is 1. The number of hydrogen-bond donors (Lipinski definition) is 1. The largest absolute Gasteiger partial charge is 0.493 e. The van der Waals surface area contributed by atoms with Crippen LogP contribution in [0.4, 0.5) is 0 Å². The summed E-state index contributed by atoms with van der Waals surface area (Å²) in [6.45, 7) is 5.25. The molecule has 62 heavy (non-hydrogen) atoms. The van der Waals surface area contributed by atoms with E-state index >= 15 is 0 Å². The SMILES string of the molecule is CCOC(=O)C(Cc1ccc(OCC=C2c3ccncc3-c3cnccc32)cc1)OC.CCOC(Cc1ccc(OCCC=C2c3ccncc3-c3cnccc32)cc1)C(=O)O. The lowest BCUT2D eigenvalue weighted by Gasteiger charge is -2.14. The number of pyridine rings is 4. The van der Waals surface area contributed by atoms with Crippen LogP contribution in [-0.4, -0.2) is 82.7 Å². The van der Waals surface area contributed by atoms with Crippen LogP contribution in [0.25, 0.3) is 33.4 Å². The maximum absolute atomic E-state index is 11.9. The van der Waals surface area contributed by atoms with Gasteiger partial charge in [0.05, 0.1) is 13.2 Å². The Morgan fingerprint density at radius 1 is 0.581 bits per heavy atom. The molecule has 12 nitrogen and oxygen atoms in total. The van der Waals surface area contributed by atoms with Gasteiger partial charge >= 0.3 is 11.9 Å². The standard InChI is InChI=1S/2C25H24N2O4/c1-3-30-25(28)24(29-2)14-17-4-6-18(7-5-17)31-13-10-21-19-8-11-26-15-22(19)23-16-27-12-9-20(21)23;1-2-30-24(25(28)29)14-17-5-7-18(8-6-17)31-13-3-4-19-20-9-11-26-15-22(20)23-16-27-12-10-21(19)23/h4-12,15-16,24H,3,13-14H2,1-2H3;4-12,15-16,24H,2-3,13-14H2,1H3,(H,28,29). The summed E-state index contributed by atoms with van der Waals surface area (Å²) in [6.07, 6.45) is 19.1. The summed E-state index contributed by atoms with van der Waals surface area (Å²) in [6, 6.07) is 23.3. The lowest BCUT2D eigenvalue weighted by molar-refractivity contribution is -0.154. The molecule has 0 saturated heterocycles. The second-order valence-corrected chi connectivity index (χ2v) is 14.3. The van der Waals surface area contributed by atoms with E-state index in [2.05, 4.69) is 32.1 Å². The number of fused-ring (bicyclic) bond motifs is 6. The zero-order chi connectivity index (χ0) is 43.3. The van der Waals surface area contributed by atoms with Crippen LogP contribution in [-0.2, 0) is 36.6 Å². The zero-order valence-electron chi connectivity index (χ0n) is 34.9. The first-order valence-electron chi connectivity index (χ1n) is 20.5. The molecule has 6 aromatic rings. The third kappa shape index (κ3) is 10.3. The quantitative estimate of drug-likeness (QED) is 0.0692. The monoisotopic (exact) mass is 832 g/mol. The molecular weight excluding hydrogens is 785 g/mol. The molecule has 12 heteroatoms. The Kier molecular flexibility index (Phi) is 14.6. The maximum Gasteiger partial charge on any atom is 0.335 e. The van der Waals surface area contributed by atoms with E-state index in [9.17, 15) is 14.7 Å². The van der Waals surface area contributed by atoms with Gasteiger partial charge in [-0.25, -0.2) is 9.59 Å². The van der Waals surface area contributed by atoms with Gasteiger partial charge in [-0.2, -0.15) is 0 Å². The highest BCUT2D eigenvalue weighted by Gasteiger charge is 2.25. The minimum atomic E-state index is -0.947. The fourth-order valence-corrected chi connectivity index (χ4v) is 7.50. The molecule has 0 spiro atoms. The first-order valence-corrected chi connectivity index (χ1v) is 20.5. The number of rotatable bonds is 17. The topological polar surface area (TPSA) is 152 Å². The van der Waals surface area contributed by atoms with E-state index in [1.54, 1.807) is 26.2 Å². The average molecular weight is 833 g/mol. The number of hydrogen-bond acceptors (Lipinski definition) is 11. The molecule has 0 bridgehead atoms.